The molecule has 1 atom stereocenters. The fourth-order valence-electron chi connectivity index (χ4n) is 1.38. The Kier molecular flexibility index (Phi) is 5.31. The molecule has 1 aromatic rings. The molecule has 14 heavy (non-hydrogen) atoms. The molecule has 0 saturated heterocycles. The maximum atomic E-state index is 5.69. The molecule has 0 saturated carbocycles. The first-order valence-electron chi connectivity index (χ1n) is 5.40. The molecule has 0 aliphatic carbocycles. The van der Waals surface area contributed by atoms with Crippen molar-refractivity contribution < 1.29 is 4.74 Å². The zero-order chi connectivity index (χ0) is 10.2. The topological polar surface area (TPSA) is 9.23 Å². The summed E-state index contributed by atoms with van der Waals surface area (Å²) in [5.74, 6) is 0. The van der Waals surface area contributed by atoms with E-state index in [1.165, 1.54) is 5.56 Å². The maximum absolute atomic E-state index is 5.69. The van der Waals surface area contributed by atoms with Crippen LogP contribution in [0.1, 0.15) is 44.8 Å². The van der Waals surface area contributed by atoms with Crippen LogP contribution in [-0.2, 0) is 4.74 Å². The number of unbranched alkanes of at least 4 members (excludes halogenated alkanes) is 1. The maximum Gasteiger partial charge on any atom is 0.0845 e. The molecule has 1 radical (unpaired) electrons. The Hall–Kier alpha value is -0.820. The first-order valence-corrected chi connectivity index (χ1v) is 5.40. The molecule has 1 unspecified atom stereocenters. The summed E-state index contributed by atoms with van der Waals surface area (Å²) in [4.78, 5) is 0. The standard InChI is InChI=1S/C13H19O/c1-3-5-11-14-13(4-2)12-9-7-6-8-10-12/h6-11,13H,3-5H2,1-2H3. The van der Waals surface area contributed by atoms with Crippen molar-refractivity contribution in [1.82, 2.24) is 0 Å². The van der Waals surface area contributed by atoms with Crippen molar-refractivity contribution in [3.8, 4) is 0 Å². The van der Waals surface area contributed by atoms with Crippen molar-refractivity contribution in [3.63, 3.8) is 0 Å². The average molecular weight is 191 g/mol. The minimum atomic E-state index is 0.225. The van der Waals surface area contributed by atoms with Gasteiger partial charge in [-0.25, -0.2) is 0 Å². The highest BCUT2D eigenvalue weighted by molar-refractivity contribution is 5.17. The van der Waals surface area contributed by atoms with Gasteiger partial charge in [-0.05, 0) is 18.4 Å². The smallest absolute Gasteiger partial charge is 0.0845 e. The first-order chi connectivity index (χ1) is 6.88. The van der Waals surface area contributed by atoms with E-state index < -0.39 is 0 Å². The van der Waals surface area contributed by atoms with Crippen LogP contribution in [0.4, 0.5) is 0 Å². The first kappa shape index (κ1) is 11.3. The second kappa shape index (κ2) is 6.61. The second-order valence-corrected chi connectivity index (χ2v) is 3.40. The van der Waals surface area contributed by atoms with Crippen LogP contribution in [0, 0.1) is 6.61 Å². The lowest BCUT2D eigenvalue weighted by Gasteiger charge is -2.15. The van der Waals surface area contributed by atoms with Gasteiger partial charge in [0.2, 0.25) is 0 Å². The van der Waals surface area contributed by atoms with Crippen molar-refractivity contribution in [2.75, 3.05) is 0 Å². The normalized spacial score (nSPS) is 12.7. The van der Waals surface area contributed by atoms with Gasteiger partial charge in [-0.3, -0.25) is 0 Å². The predicted octanol–water partition coefficient (Wildman–Crippen LogP) is 4.12. The highest BCUT2D eigenvalue weighted by Gasteiger charge is 2.08. The Balaban J connectivity index is 2.46. The molecule has 0 heterocycles. The van der Waals surface area contributed by atoms with Gasteiger partial charge in [0.05, 0.1) is 12.7 Å². The molecule has 1 rings (SSSR count). The summed E-state index contributed by atoms with van der Waals surface area (Å²) in [6.07, 6.45) is 3.42. The van der Waals surface area contributed by atoms with Crippen molar-refractivity contribution in [2.45, 2.75) is 39.2 Å². The van der Waals surface area contributed by atoms with E-state index in [0.717, 1.165) is 19.3 Å². The van der Waals surface area contributed by atoms with Crippen molar-refractivity contribution >= 4 is 0 Å². The molecule has 0 spiro atoms. The summed E-state index contributed by atoms with van der Waals surface area (Å²) < 4.78 is 5.69. The third-order valence-corrected chi connectivity index (χ3v) is 2.21. The molecule has 77 valence electrons. The Morgan fingerprint density at radius 1 is 1.21 bits per heavy atom. The highest BCUT2D eigenvalue weighted by Crippen LogP contribution is 2.21. The fraction of sp³-hybridized carbons (Fsp3) is 0.462. The third kappa shape index (κ3) is 3.51. The quantitative estimate of drug-likeness (QED) is 0.615. The molecule has 0 N–H and O–H groups in total. The van der Waals surface area contributed by atoms with Crippen LogP contribution in [-0.4, -0.2) is 0 Å². The lowest BCUT2D eigenvalue weighted by atomic mass is 10.1. The molecule has 0 aliphatic heterocycles. The largest absolute Gasteiger partial charge is 0.368 e. The monoisotopic (exact) mass is 191 g/mol. The van der Waals surface area contributed by atoms with Gasteiger partial charge in [-0.15, -0.1) is 0 Å². The minimum Gasteiger partial charge on any atom is -0.368 e. The summed E-state index contributed by atoms with van der Waals surface area (Å²) in [6, 6.07) is 10.4. The van der Waals surface area contributed by atoms with Gasteiger partial charge >= 0.3 is 0 Å². The number of ether oxygens (including phenoxy) is 1. The third-order valence-electron chi connectivity index (χ3n) is 2.21. The average Bonchev–Trinajstić information content (AvgIpc) is 2.26. The van der Waals surface area contributed by atoms with E-state index in [1.807, 2.05) is 12.7 Å². The lowest BCUT2D eigenvalue weighted by molar-refractivity contribution is 0.0971. The van der Waals surface area contributed by atoms with Crippen molar-refractivity contribution in [3.05, 3.63) is 42.5 Å². The van der Waals surface area contributed by atoms with Gasteiger partial charge in [0.15, 0.2) is 0 Å². The van der Waals surface area contributed by atoms with Gasteiger partial charge in [0, 0.05) is 0 Å². The Morgan fingerprint density at radius 2 is 1.93 bits per heavy atom. The zero-order valence-electron chi connectivity index (χ0n) is 9.07. The summed E-state index contributed by atoms with van der Waals surface area (Å²) in [5, 5.41) is 0. The molecule has 1 nitrogen and oxygen atoms in total. The number of rotatable bonds is 6. The Bertz CT molecular complexity index is 230. The predicted molar refractivity (Wildman–Crippen MR) is 59.8 cm³/mol. The van der Waals surface area contributed by atoms with Gasteiger partial charge in [-0.2, -0.15) is 0 Å². The molecular formula is C13H19O. The van der Waals surface area contributed by atoms with Crippen LogP contribution in [0.15, 0.2) is 30.3 Å². The van der Waals surface area contributed by atoms with Crippen LogP contribution in [0.3, 0.4) is 0 Å². The molecule has 1 heteroatoms. The van der Waals surface area contributed by atoms with Crippen LogP contribution in [0.5, 0.6) is 0 Å². The number of hydrogen-bond acceptors (Lipinski definition) is 1. The Morgan fingerprint density at radius 3 is 2.50 bits per heavy atom. The van der Waals surface area contributed by atoms with Gasteiger partial charge < -0.3 is 4.74 Å². The van der Waals surface area contributed by atoms with Crippen molar-refractivity contribution in [1.29, 1.82) is 0 Å². The number of benzene rings is 1. The summed E-state index contributed by atoms with van der Waals surface area (Å²) >= 11 is 0. The molecule has 0 aliphatic rings. The molecule has 1 aromatic carbocycles. The Labute approximate surface area is 87.1 Å². The van der Waals surface area contributed by atoms with Crippen LogP contribution >= 0.6 is 0 Å². The van der Waals surface area contributed by atoms with Crippen LogP contribution in [0.25, 0.3) is 0 Å². The number of hydrogen-bond donors (Lipinski definition) is 0. The molecule has 0 amide bonds. The van der Waals surface area contributed by atoms with Gasteiger partial charge in [0.1, 0.15) is 0 Å². The van der Waals surface area contributed by atoms with Gasteiger partial charge in [-0.1, -0.05) is 50.6 Å². The van der Waals surface area contributed by atoms with Crippen LogP contribution in [0.2, 0.25) is 0 Å². The molecule has 0 bridgehead atoms. The summed E-state index contributed by atoms with van der Waals surface area (Å²) in [5.41, 5.74) is 1.27. The second-order valence-electron chi connectivity index (χ2n) is 3.40. The van der Waals surface area contributed by atoms with Crippen LogP contribution < -0.4 is 0 Å². The van der Waals surface area contributed by atoms with E-state index in [2.05, 4.69) is 38.1 Å². The minimum absolute atomic E-state index is 0.225. The van der Waals surface area contributed by atoms with Gasteiger partial charge in [0.25, 0.3) is 0 Å². The van der Waals surface area contributed by atoms with E-state index in [9.17, 15) is 0 Å². The lowest BCUT2D eigenvalue weighted by Crippen LogP contribution is -2.00. The fourth-order valence-corrected chi connectivity index (χ4v) is 1.38. The van der Waals surface area contributed by atoms with Crippen molar-refractivity contribution in [2.24, 2.45) is 0 Å². The van der Waals surface area contributed by atoms with E-state index in [4.69, 9.17) is 4.74 Å². The van der Waals surface area contributed by atoms with E-state index in [-0.39, 0.29) is 6.10 Å². The van der Waals surface area contributed by atoms with E-state index in [0.29, 0.717) is 0 Å². The molecular weight excluding hydrogens is 172 g/mol. The SMILES string of the molecule is CCC[CH]OC(CC)c1ccccc1. The summed E-state index contributed by atoms with van der Waals surface area (Å²) in [7, 11) is 0. The summed E-state index contributed by atoms with van der Waals surface area (Å²) in [6.45, 7) is 6.24. The molecule has 0 fully saturated rings. The van der Waals surface area contributed by atoms with E-state index >= 15 is 0 Å². The molecule has 0 aromatic heterocycles. The highest BCUT2D eigenvalue weighted by atomic mass is 16.5. The van der Waals surface area contributed by atoms with E-state index in [1.54, 1.807) is 0 Å². The zero-order valence-corrected chi connectivity index (χ0v) is 9.07.